The summed E-state index contributed by atoms with van der Waals surface area (Å²) in [7, 11) is 0. The second-order valence-electron chi connectivity index (χ2n) is 4.99. The van der Waals surface area contributed by atoms with Crippen LogP contribution in [-0.2, 0) is 0 Å². The first-order chi connectivity index (χ1) is 10.1. The molecule has 1 aliphatic carbocycles. The van der Waals surface area contributed by atoms with Crippen molar-refractivity contribution in [2.45, 2.75) is 24.9 Å². The van der Waals surface area contributed by atoms with Gasteiger partial charge in [0.2, 0.25) is 5.88 Å². The van der Waals surface area contributed by atoms with Gasteiger partial charge in [-0.3, -0.25) is 0 Å². The Balaban J connectivity index is 2.05. The quantitative estimate of drug-likeness (QED) is 0.909. The number of hydrogen-bond acceptors (Lipinski definition) is 4. The number of aliphatic hydroxyl groups is 1. The largest absolute Gasteiger partial charge is 0.411 e. The molecular weight excluding hydrogens is 294 g/mol. The van der Waals surface area contributed by atoms with E-state index in [4.69, 9.17) is 22.1 Å². The van der Waals surface area contributed by atoms with E-state index in [9.17, 15) is 9.90 Å². The van der Waals surface area contributed by atoms with Crippen molar-refractivity contribution in [2.75, 3.05) is 0 Å². The Morgan fingerprint density at radius 1 is 1.38 bits per heavy atom. The minimum absolute atomic E-state index is 0.0627. The fourth-order valence-electron chi connectivity index (χ4n) is 2.40. The summed E-state index contributed by atoms with van der Waals surface area (Å²) in [5.74, 6) is 0.166. The minimum Gasteiger partial charge on any atom is -0.393 e. The molecule has 0 atom stereocenters. The number of ether oxygens (including phenoxy) is 1. The van der Waals surface area contributed by atoms with Gasteiger partial charge in [0.1, 0.15) is 5.02 Å². The van der Waals surface area contributed by atoms with E-state index in [0.717, 1.165) is 0 Å². The highest BCUT2D eigenvalue weighted by atomic mass is 35.5. The average Bonchev–Trinajstić information content (AvgIpc) is 2.73. The van der Waals surface area contributed by atoms with Crippen molar-refractivity contribution in [3.8, 4) is 11.6 Å². The third-order valence-electron chi connectivity index (χ3n) is 3.51. The number of para-hydroxylation sites is 1. The second kappa shape index (κ2) is 5.38. The monoisotopic (exact) mass is 307 g/mol. The van der Waals surface area contributed by atoms with E-state index in [1.807, 2.05) is 30.3 Å². The zero-order valence-electron chi connectivity index (χ0n) is 11.1. The van der Waals surface area contributed by atoms with Crippen LogP contribution in [0.5, 0.6) is 5.88 Å². The van der Waals surface area contributed by atoms with Crippen LogP contribution in [0.25, 0.3) is 5.69 Å². The fourth-order valence-corrected chi connectivity index (χ4v) is 2.71. The number of aromatic nitrogens is 2. The maximum Gasteiger partial charge on any atom is 0.411 e. The Hall–Kier alpha value is -2.05. The van der Waals surface area contributed by atoms with Crippen LogP contribution >= 0.6 is 11.6 Å². The molecule has 0 aliphatic heterocycles. The number of nitrogens with zero attached hydrogens (tertiary/aromatic N) is 2. The van der Waals surface area contributed by atoms with Gasteiger partial charge in [0.15, 0.2) is 0 Å². The molecule has 0 radical (unpaired) electrons. The van der Waals surface area contributed by atoms with Gasteiger partial charge in [-0.15, -0.1) is 0 Å². The summed E-state index contributed by atoms with van der Waals surface area (Å²) >= 11 is 6.28. The topological polar surface area (TPSA) is 90.4 Å². The number of carbonyl (C=O) groups excluding carboxylic acids is 1. The van der Waals surface area contributed by atoms with E-state index in [1.54, 1.807) is 0 Å². The highest BCUT2D eigenvalue weighted by molar-refractivity contribution is 6.32. The van der Waals surface area contributed by atoms with E-state index in [2.05, 4.69) is 5.10 Å². The van der Waals surface area contributed by atoms with Crippen LogP contribution in [0.1, 0.15) is 24.5 Å². The molecule has 1 aromatic carbocycles. The SMILES string of the molecule is NC(=O)Oc1c(Cl)c(C2CC(O)C2)nn1-c1ccccc1. The maximum atomic E-state index is 11.1. The lowest BCUT2D eigenvalue weighted by Gasteiger charge is -2.29. The van der Waals surface area contributed by atoms with Crippen molar-refractivity contribution in [2.24, 2.45) is 5.73 Å². The smallest absolute Gasteiger partial charge is 0.393 e. The molecule has 1 amide bonds. The lowest BCUT2D eigenvalue weighted by molar-refractivity contribution is 0.0731. The van der Waals surface area contributed by atoms with Gasteiger partial charge >= 0.3 is 6.09 Å². The predicted molar refractivity (Wildman–Crippen MR) is 76.8 cm³/mol. The number of halogens is 1. The van der Waals surface area contributed by atoms with Crippen LogP contribution in [0.15, 0.2) is 30.3 Å². The molecule has 0 saturated heterocycles. The molecule has 0 bridgehead atoms. The van der Waals surface area contributed by atoms with Crippen molar-refractivity contribution in [1.82, 2.24) is 9.78 Å². The molecule has 3 rings (SSSR count). The predicted octanol–water partition coefficient (Wildman–Crippen LogP) is 2.22. The minimum atomic E-state index is -0.950. The van der Waals surface area contributed by atoms with Crippen LogP contribution < -0.4 is 10.5 Å². The van der Waals surface area contributed by atoms with E-state index in [-0.39, 0.29) is 22.9 Å². The normalized spacial score (nSPS) is 20.9. The summed E-state index contributed by atoms with van der Waals surface area (Å²) in [6.45, 7) is 0. The number of carbonyl (C=O) groups is 1. The van der Waals surface area contributed by atoms with Crippen molar-refractivity contribution in [3.63, 3.8) is 0 Å². The van der Waals surface area contributed by atoms with Crippen molar-refractivity contribution in [1.29, 1.82) is 0 Å². The molecule has 0 unspecified atom stereocenters. The van der Waals surface area contributed by atoms with Gasteiger partial charge < -0.3 is 15.6 Å². The molecule has 1 heterocycles. The van der Waals surface area contributed by atoms with Gasteiger partial charge in [-0.25, -0.2) is 4.79 Å². The molecular formula is C14H14ClN3O3. The molecule has 21 heavy (non-hydrogen) atoms. The third-order valence-corrected chi connectivity index (χ3v) is 3.87. The van der Waals surface area contributed by atoms with Crippen molar-refractivity contribution in [3.05, 3.63) is 41.0 Å². The molecule has 110 valence electrons. The number of benzene rings is 1. The summed E-state index contributed by atoms with van der Waals surface area (Å²) in [5, 5.41) is 14.1. The van der Waals surface area contributed by atoms with Gasteiger partial charge in [-0.1, -0.05) is 29.8 Å². The Kier molecular flexibility index (Phi) is 3.57. The number of rotatable bonds is 3. The highest BCUT2D eigenvalue weighted by Gasteiger charge is 2.34. The standard InChI is InChI=1S/C14H14ClN3O3/c15-11-12(8-6-10(19)7-8)17-18(13(11)21-14(16)20)9-4-2-1-3-5-9/h1-5,8,10,19H,6-7H2,(H2,16,20). The Labute approximate surface area is 126 Å². The van der Waals surface area contributed by atoms with Crippen LogP contribution in [-0.4, -0.2) is 27.1 Å². The van der Waals surface area contributed by atoms with Gasteiger partial charge in [-0.05, 0) is 25.0 Å². The Morgan fingerprint density at radius 2 is 2.05 bits per heavy atom. The molecule has 7 heteroatoms. The number of aliphatic hydroxyl groups excluding tert-OH is 1. The lowest BCUT2D eigenvalue weighted by Crippen LogP contribution is -2.27. The second-order valence-corrected chi connectivity index (χ2v) is 5.37. The number of primary amides is 1. The molecule has 6 nitrogen and oxygen atoms in total. The summed E-state index contributed by atoms with van der Waals surface area (Å²) < 4.78 is 6.45. The molecule has 1 fully saturated rings. The van der Waals surface area contributed by atoms with E-state index in [1.165, 1.54) is 4.68 Å². The first-order valence-electron chi connectivity index (χ1n) is 6.55. The maximum absolute atomic E-state index is 11.1. The number of hydrogen-bond donors (Lipinski definition) is 2. The zero-order valence-corrected chi connectivity index (χ0v) is 11.8. The zero-order chi connectivity index (χ0) is 15.0. The van der Waals surface area contributed by atoms with Crippen LogP contribution in [0.4, 0.5) is 4.79 Å². The van der Waals surface area contributed by atoms with E-state index < -0.39 is 6.09 Å². The van der Waals surface area contributed by atoms with Gasteiger partial charge in [0.05, 0.1) is 17.5 Å². The first kappa shape index (κ1) is 13.9. The Bertz CT molecular complexity index is 666. The lowest BCUT2D eigenvalue weighted by atomic mass is 9.80. The Morgan fingerprint density at radius 3 is 2.62 bits per heavy atom. The molecule has 3 N–H and O–H groups in total. The molecule has 1 aromatic heterocycles. The van der Waals surface area contributed by atoms with Gasteiger partial charge in [0.25, 0.3) is 0 Å². The van der Waals surface area contributed by atoms with Crippen LogP contribution in [0.3, 0.4) is 0 Å². The summed E-state index contributed by atoms with van der Waals surface area (Å²) in [6, 6.07) is 9.18. The van der Waals surface area contributed by atoms with E-state index >= 15 is 0 Å². The van der Waals surface area contributed by atoms with Crippen molar-refractivity contribution < 1.29 is 14.6 Å². The molecule has 1 aliphatic rings. The van der Waals surface area contributed by atoms with E-state index in [0.29, 0.717) is 24.2 Å². The summed E-state index contributed by atoms with van der Waals surface area (Å²) in [4.78, 5) is 11.1. The summed E-state index contributed by atoms with van der Waals surface area (Å²) in [6.07, 6.45) is -0.0779. The molecule has 1 saturated carbocycles. The van der Waals surface area contributed by atoms with Gasteiger partial charge in [-0.2, -0.15) is 9.78 Å². The van der Waals surface area contributed by atoms with Crippen molar-refractivity contribution >= 4 is 17.7 Å². The molecule has 2 aromatic rings. The van der Waals surface area contributed by atoms with Crippen LogP contribution in [0, 0.1) is 0 Å². The first-order valence-corrected chi connectivity index (χ1v) is 6.93. The third kappa shape index (κ3) is 2.59. The molecule has 0 spiro atoms. The van der Waals surface area contributed by atoms with Crippen LogP contribution in [0.2, 0.25) is 5.02 Å². The number of amides is 1. The highest BCUT2D eigenvalue weighted by Crippen LogP contribution is 2.43. The average molecular weight is 308 g/mol. The number of nitrogens with two attached hydrogens (primary N) is 1. The fraction of sp³-hybridized carbons (Fsp3) is 0.286. The summed E-state index contributed by atoms with van der Waals surface area (Å²) in [5.41, 5.74) is 6.42. The van der Waals surface area contributed by atoms with Gasteiger partial charge in [0, 0.05) is 5.92 Å².